The maximum Gasteiger partial charge on any atom is 0.238 e. The van der Waals surface area contributed by atoms with Crippen LogP contribution in [0.1, 0.15) is 18.4 Å². The highest BCUT2D eigenvalue weighted by atomic mass is 19.1. The van der Waals surface area contributed by atoms with Crippen LogP contribution in [0.4, 0.5) is 21.5 Å². The third-order valence-electron chi connectivity index (χ3n) is 5.78. The van der Waals surface area contributed by atoms with Crippen LogP contribution in [0.3, 0.4) is 0 Å². The standard InChI is InChI=1S/C23H26FN5O/c24-21-15-18(16-25)3-8-22(21)29-13-11-27(12-14-29)17-23(30)26-19-4-6-20(7-5-19)28-9-1-2-10-28/h3-8,15H,1-2,9-14,17H2,(H,26,30). The minimum atomic E-state index is -0.377. The van der Waals surface area contributed by atoms with Crippen LogP contribution in [0.25, 0.3) is 0 Å². The van der Waals surface area contributed by atoms with Crippen molar-refractivity contribution in [1.82, 2.24) is 4.90 Å². The van der Waals surface area contributed by atoms with Gasteiger partial charge in [0.2, 0.25) is 5.91 Å². The molecule has 0 atom stereocenters. The molecule has 0 aromatic heterocycles. The molecule has 1 amide bonds. The van der Waals surface area contributed by atoms with Gasteiger partial charge >= 0.3 is 0 Å². The lowest BCUT2D eigenvalue weighted by Gasteiger charge is -2.35. The molecule has 2 saturated heterocycles. The van der Waals surface area contributed by atoms with Crippen molar-refractivity contribution in [3.05, 3.63) is 53.8 Å². The summed E-state index contributed by atoms with van der Waals surface area (Å²) in [4.78, 5) is 18.8. The van der Waals surface area contributed by atoms with Crippen LogP contribution < -0.4 is 15.1 Å². The molecule has 2 aromatic carbocycles. The monoisotopic (exact) mass is 407 g/mol. The molecule has 156 valence electrons. The van der Waals surface area contributed by atoms with E-state index < -0.39 is 0 Å². The molecule has 0 radical (unpaired) electrons. The number of halogens is 1. The number of anilines is 3. The van der Waals surface area contributed by atoms with E-state index in [9.17, 15) is 9.18 Å². The van der Waals surface area contributed by atoms with Gasteiger partial charge in [0.25, 0.3) is 0 Å². The molecule has 2 aliphatic heterocycles. The van der Waals surface area contributed by atoms with Crippen molar-refractivity contribution in [3.8, 4) is 6.07 Å². The average molecular weight is 407 g/mol. The number of nitriles is 1. The maximum absolute atomic E-state index is 14.2. The molecule has 2 fully saturated rings. The molecular formula is C23H26FN5O. The number of nitrogens with zero attached hydrogens (tertiary/aromatic N) is 4. The molecule has 4 rings (SSSR count). The summed E-state index contributed by atoms with van der Waals surface area (Å²) in [6.07, 6.45) is 2.48. The first kappa shape index (κ1) is 20.2. The number of hydrogen-bond donors (Lipinski definition) is 1. The Morgan fingerprint density at radius 1 is 0.967 bits per heavy atom. The van der Waals surface area contributed by atoms with E-state index >= 15 is 0 Å². The maximum atomic E-state index is 14.2. The van der Waals surface area contributed by atoms with Crippen LogP contribution in [0.15, 0.2) is 42.5 Å². The van der Waals surface area contributed by atoms with E-state index in [1.807, 2.05) is 23.1 Å². The second kappa shape index (κ2) is 9.14. The van der Waals surface area contributed by atoms with Gasteiger partial charge in [0.05, 0.1) is 23.9 Å². The molecule has 0 bridgehead atoms. The molecule has 2 heterocycles. The van der Waals surface area contributed by atoms with Crippen molar-refractivity contribution in [2.75, 3.05) is 60.9 Å². The highest BCUT2D eigenvalue weighted by Gasteiger charge is 2.21. The fraction of sp³-hybridized carbons (Fsp3) is 0.391. The number of benzene rings is 2. The zero-order valence-corrected chi connectivity index (χ0v) is 17.0. The lowest BCUT2D eigenvalue weighted by atomic mass is 10.2. The summed E-state index contributed by atoms with van der Waals surface area (Å²) in [5.41, 5.74) is 2.84. The van der Waals surface area contributed by atoms with Crippen molar-refractivity contribution in [2.24, 2.45) is 0 Å². The van der Waals surface area contributed by atoms with Gasteiger partial charge in [0, 0.05) is 50.6 Å². The van der Waals surface area contributed by atoms with E-state index in [-0.39, 0.29) is 11.7 Å². The highest BCUT2D eigenvalue weighted by Crippen LogP contribution is 2.23. The summed E-state index contributed by atoms with van der Waals surface area (Å²) in [5.74, 6) is -0.417. The summed E-state index contributed by atoms with van der Waals surface area (Å²) >= 11 is 0. The fourth-order valence-electron chi connectivity index (χ4n) is 4.11. The summed E-state index contributed by atoms with van der Waals surface area (Å²) in [6, 6.07) is 14.5. The van der Waals surface area contributed by atoms with Gasteiger partial charge in [-0.3, -0.25) is 9.69 Å². The number of carbonyl (C=O) groups is 1. The molecule has 0 spiro atoms. The van der Waals surface area contributed by atoms with Crippen molar-refractivity contribution in [2.45, 2.75) is 12.8 Å². The Morgan fingerprint density at radius 3 is 2.30 bits per heavy atom. The van der Waals surface area contributed by atoms with E-state index in [2.05, 4.69) is 27.2 Å². The van der Waals surface area contributed by atoms with E-state index in [1.54, 1.807) is 12.1 Å². The first-order valence-electron chi connectivity index (χ1n) is 10.4. The lowest BCUT2D eigenvalue weighted by Crippen LogP contribution is -2.48. The first-order chi connectivity index (χ1) is 14.6. The molecule has 30 heavy (non-hydrogen) atoms. The minimum Gasteiger partial charge on any atom is -0.372 e. The number of hydrogen-bond acceptors (Lipinski definition) is 5. The Kier molecular flexibility index (Phi) is 6.15. The van der Waals surface area contributed by atoms with Gasteiger partial charge in [-0.15, -0.1) is 0 Å². The molecule has 7 heteroatoms. The Hall–Kier alpha value is -3.11. The molecule has 1 N–H and O–H groups in total. The molecule has 0 unspecified atom stereocenters. The second-order valence-corrected chi connectivity index (χ2v) is 7.83. The van der Waals surface area contributed by atoms with Crippen LogP contribution in [0.5, 0.6) is 0 Å². The second-order valence-electron chi connectivity index (χ2n) is 7.83. The molecule has 6 nitrogen and oxygen atoms in total. The lowest BCUT2D eigenvalue weighted by molar-refractivity contribution is -0.117. The van der Waals surface area contributed by atoms with Gasteiger partial charge in [-0.1, -0.05) is 0 Å². The zero-order chi connectivity index (χ0) is 20.9. The van der Waals surface area contributed by atoms with E-state index in [1.165, 1.54) is 24.6 Å². The minimum absolute atomic E-state index is 0.0399. The largest absolute Gasteiger partial charge is 0.372 e. The predicted octanol–water partition coefficient (Wildman–Crippen LogP) is 3.06. The van der Waals surface area contributed by atoms with Gasteiger partial charge in [0.1, 0.15) is 5.82 Å². The molecule has 2 aromatic rings. The topological polar surface area (TPSA) is 62.6 Å². The Labute approximate surface area is 176 Å². The predicted molar refractivity (Wildman–Crippen MR) is 116 cm³/mol. The smallest absolute Gasteiger partial charge is 0.238 e. The van der Waals surface area contributed by atoms with E-state index in [0.717, 1.165) is 18.8 Å². The fourth-order valence-corrected chi connectivity index (χ4v) is 4.11. The van der Waals surface area contributed by atoms with Crippen molar-refractivity contribution >= 4 is 23.0 Å². The van der Waals surface area contributed by atoms with Gasteiger partial charge < -0.3 is 15.1 Å². The van der Waals surface area contributed by atoms with Crippen LogP contribution in [-0.4, -0.2) is 56.6 Å². The first-order valence-corrected chi connectivity index (χ1v) is 10.4. The average Bonchev–Trinajstić information content (AvgIpc) is 3.30. The van der Waals surface area contributed by atoms with Crippen molar-refractivity contribution in [1.29, 1.82) is 5.26 Å². The normalized spacial score (nSPS) is 17.1. The number of piperazine rings is 1. The molecule has 2 aliphatic rings. The van der Waals surface area contributed by atoms with Crippen LogP contribution in [0, 0.1) is 17.1 Å². The van der Waals surface area contributed by atoms with Crippen LogP contribution in [-0.2, 0) is 4.79 Å². The van der Waals surface area contributed by atoms with Crippen LogP contribution in [0.2, 0.25) is 0 Å². The van der Waals surface area contributed by atoms with Gasteiger partial charge in [-0.2, -0.15) is 5.26 Å². The van der Waals surface area contributed by atoms with E-state index in [0.29, 0.717) is 44.0 Å². The van der Waals surface area contributed by atoms with Crippen molar-refractivity contribution in [3.63, 3.8) is 0 Å². The highest BCUT2D eigenvalue weighted by molar-refractivity contribution is 5.92. The molecular weight excluding hydrogens is 381 g/mol. The number of amides is 1. The van der Waals surface area contributed by atoms with E-state index in [4.69, 9.17) is 5.26 Å². The van der Waals surface area contributed by atoms with Crippen molar-refractivity contribution < 1.29 is 9.18 Å². The molecule has 0 aliphatic carbocycles. The SMILES string of the molecule is N#Cc1ccc(N2CCN(CC(=O)Nc3ccc(N4CCCC4)cc3)CC2)c(F)c1. The Morgan fingerprint density at radius 2 is 1.67 bits per heavy atom. The summed E-state index contributed by atoms with van der Waals surface area (Å²) in [5, 5.41) is 11.8. The third-order valence-corrected chi connectivity index (χ3v) is 5.78. The Balaban J connectivity index is 1.26. The number of nitrogens with one attached hydrogen (secondary N) is 1. The number of rotatable bonds is 5. The van der Waals surface area contributed by atoms with Gasteiger partial charge in [0.15, 0.2) is 0 Å². The summed E-state index contributed by atoms with van der Waals surface area (Å²) in [7, 11) is 0. The zero-order valence-electron chi connectivity index (χ0n) is 17.0. The van der Waals surface area contributed by atoms with Gasteiger partial charge in [-0.25, -0.2) is 4.39 Å². The quantitative estimate of drug-likeness (QED) is 0.825. The molecule has 0 saturated carbocycles. The third kappa shape index (κ3) is 4.71. The Bertz CT molecular complexity index is 926. The summed E-state index contributed by atoms with van der Waals surface area (Å²) < 4.78 is 14.2. The number of carbonyl (C=O) groups excluding carboxylic acids is 1. The van der Waals surface area contributed by atoms with Crippen LogP contribution >= 0.6 is 0 Å². The van der Waals surface area contributed by atoms with Gasteiger partial charge in [-0.05, 0) is 55.3 Å². The summed E-state index contributed by atoms with van der Waals surface area (Å²) in [6.45, 7) is 5.16.